The topological polar surface area (TPSA) is 108 Å². The summed E-state index contributed by atoms with van der Waals surface area (Å²) in [4.78, 5) is 25.8. The third-order valence-electron chi connectivity index (χ3n) is 4.15. The number of aryl methyl sites for hydroxylation is 2. The monoisotopic (exact) mass is 421 g/mol. The summed E-state index contributed by atoms with van der Waals surface area (Å²) in [5.41, 5.74) is 1.38. The third kappa shape index (κ3) is 4.49. The second kappa shape index (κ2) is 8.78. The molecule has 0 unspecified atom stereocenters. The minimum Gasteiger partial charge on any atom is -0.439 e. The van der Waals surface area contributed by atoms with Crippen molar-refractivity contribution in [1.82, 2.24) is 29.1 Å². The molecule has 30 heavy (non-hydrogen) atoms. The second-order valence-corrected chi connectivity index (χ2v) is 7.21. The van der Waals surface area contributed by atoms with Gasteiger partial charge in [-0.05, 0) is 49.1 Å². The van der Waals surface area contributed by atoms with Gasteiger partial charge in [-0.1, -0.05) is 17.8 Å². The number of nitrogens with zero attached hydrogens (tertiary/aromatic N) is 6. The highest BCUT2D eigenvalue weighted by molar-refractivity contribution is 7.08. The standard InChI is InChI=1S/C20H19N7O2S/c1-3-4-16-19(30-26-25-16)20(28)24-14-5-7-15(8-6-14)29-18-11-17(22-13(2)23-18)27-10-9-21-12-27/h5-12H,3-4H2,1-2H3,(H,24,28). The SMILES string of the molecule is CCCc1nnsc1C(=O)Nc1ccc(Oc2cc(-n3ccnc3)nc(C)n2)cc1. The molecule has 1 N–H and O–H groups in total. The first kappa shape index (κ1) is 19.6. The Labute approximate surface area is 177 Å². The number of benzene rings is 1. The van der Waals surface area contributed by atoms with Crippen LogP contribution in [-0.2, 0) is 6.42 Å². The van der Waals surface area contributed by atoms with Crippen molar-refractivity contribution in [3.8, 4) is 17.4 Å². The number of carbonyl (C=O) groups is 1. The number of hydrogen-bond acceptors (Lipinski definition) is 8. The van der Waals surface area contributed by atoms with Crippen molar-refractivity contribution in [3.63, 3.8) is 0 Å². The number of nitrogens with one attached hydrogen (secondary N) is 1. The number of anilines is 1. The van der Waals surface area contributed by atoms with Crippen molar-refractivity contribution in [2.45, 2.75) is 26.7 Å². The maximum atomic E-state index is 12.5. The Kier molecular flexibility index (Phi) is 5.75. The van der Waals surface area contributed by atoms with Crippen LogP contribution in [0.25, 0.3) is 5.82 Å². The van der Waals surface area contributed by atoms with Crippen LogP contribution >= 0.6 is 11.5 Å². The van der Waals surface area contributed by atoms with Crippen LogP contribution in [0.1, 0.15) is 34.5 Å². The van der Waals surface area contributed by atoms with E-state index in [9.17, 15) is 4.79 Å². The van der Waals surface area contributed by atoms with E-state index in [0.717, 1.165) is 30.1 Å². The first-order valence-electron chi connectivity index (χ1n) is 9.37. The van der Waals surface area contributed by atoms with E-state index in [1.165, 1.54) is 0 Å². The molecule has 4 aromatic rings. The number of amides is 1. The second-order valence-electron chi connectivity index (χ2n) is 6.46. The molecule has 0 bridgehead atoms. The Hall–Kier alpha value is -3.66. The summed E-state index contributed by atoms with van der Waals surface area (Å²) in [6.07, 6.45) is 6.77. The van der Waals surface area contributed by atoms with Gasteiger partial charge in [-0.25, -0.2) is 9.97 Å². The normalized spacial score (nSPS) is 10.7. The number of rotatable bonds is 7. The van der Waals surface area contributed by atoms with Crippen molar-refractivity contribution < 1.29 is 9.53 Å². The van der Waals surface area contributed by atoms with Crippen molar-refractivity contribution in [2.24, 2.45) is 0 Å². The first-order valence-corrected chi connectivity index (χ1v) is 10.1. The number of imidazole rings is 1. The van der Waals surface area contributed by atoms with Crippen molar-refractivity contribution >= 4 is 23.1 Å². The lowest BCUT2D eigenvalue weighted by Crippen LogP contribution is -2.12. The lowest BCUT2D eigenvalue weighted by atomic mass is 10.2. The maximum Gasteiger partial charge on any atom is 0.269 e. The molecule has 10 heteroatoms. The Morgan fingerprint density at radius 3 is 2.80 bits per heavy atom. The molecule has 1 aromatic carbocycles. The molecule has 0 aliphatic carbocycles. The smallest absolute Gasteiger partial charge is 0.269 e. The van der Waals surface area contributed by atoms with E-state index in [1.807, 2.05) is 6.92 Å². The Balaban J connectivity index is 1.45. The van der Waals surface area contributed by atoms with Crippen molar-refractivity contribution in [3.05, 3.63) is 65.4 Å². The lowest BCUT2D eigenvalue weighted by Gasteiger charge is -2.09. The predicted molar refractivity (Wildman–Crippen MR) is 112 cm³/mol. The fourth-order valence-corrected chi connectivity index (χ4v) is 3.40. The van der Waals surface area contributed by atoms with Gasteiger partial charge in [-0.2, -0.15) is 4.98 Å². The van der Waals surface area contributed by atoms with Crippen LogP contribution in [0.3, 0.4) is 0 Å². The van der Waals surface area contributed by atoms with Crippen molar-refractivity contribution in [1.29, 1.82) is 0 Å². The zero-order valence-electron chi connectivity index (χ0n) is 16.4. The highest BCUT2D eigenvalue weighted by atomic mass is 32.1. The Bertz CT molecular complexity index is 1140. The largest absolute Gasteiger partial charge is 0.439 e. The van der Waals surface area contributed by atoms with Crippen LogP contribution in [0.15, 0.2) is 49.1 Å². The molecule has 152 valence electrons. The van der Waals surface area contributed by atoms with Gasteiger partial charge in [0.15, 0.2) is 0 Å². The summed E-state index contributed by atoms with van der Waals surface area (Å²) < 4.78 is 11.5. The molecular weight excluding hydrogens is 402 g/mol. The number of carbonyl (C=O) groups excluding carboxylic acids is 1. The molecule has 1 amide bonds. The molecule has 3 aromatic heterocycles. The molecule has 0 spiro atoms. The van der Waals surface area contributed by atoms with Gasteiger partial charge in [0.25, 0.3) is 5.91 Å². The van der Waals surface area contributed by atoms with E-state index in [2.05, 4.69) is 29.9 Å². The van der Waals surface area contributed by atoms with E-state index < -0.39 is 0 Å². The number of aromatic nitrogens is 6. The summed E-state index contributed by atoms with van der Waals surface area (Å²) in [6.45, 7) is 3.84. The van der Waals surface area contributed by atoms with E-state index >= 15 is 0 Å². The van der Waals surface area contributed by atoms with Gasteiger partial charge in [-0.3, -0.25) is 9.36 Å². The molecular formula is C20H19N7O2S. The van der Waals surface area contributed by atoms with Gasteiger partial charge in [0, 0.05) is 24.1 Å². The summed E-state index contributed by atoms with van der Waals surface area (Å²) in [7, 11) is 0. The molecule has 0 aliphatic heterocycles. The molecule has 9 nitrogen and oxygen atoms in total. The predicted octanol–water partition coefficient (Wildman–Crippen LogP) is 3.82. The van der Waals surface area contributed by atoms with Crippen LogP contribution < -0.4 is 10.1 Å². The maximum absolute atomic E-state index is 12.5. The minimum atomic E-state index is -0.210. The zero-order valence-corrected chi connectivity index (χ0v) is 17.3. The lowest BCUT2D eigenvalue weighted by molar-refractivity contribution is 0.102. The average Bonchev–Trinajstić information content (AvgIpc) is 3.41. The zero-order chi connectivity index (χ0) is 20.9. The summed E-state index contributed by atoms with van der Waals surface area (Å²) in [6, 6.07) is 8.80. The Morgan fingerprint density at radius 2 is 2.07 bits per heavy atom. The molecule has 3 heterocycles. The summed E-state index contributed by atoms with van der Waals surface area (Å²) in [5, 5.41) is 6.90. The minimum absolute atomic E-state index is 0.210. The molecule has 0 saturated carbocycles. The van der Waals surface area contributed by atoms with Gasteiger partial charge in [-0.15, -0.1) is 5.10 Å². The molecule has 0 atom stereocenters. The third-order valence-corrected chi connectivity index (χ3v) is 4.92. The van der Waals surface area contributed by atoms with Crippen LogP contribution in [0.2, 0.25) is 0 Å². The van der Waals surface area contributed by atoms with Crippen molar-refractivity contribution in [2.75, 3.05) is 5.32 Å². The molecule has 0 fully saturated rings. The number of hydrogen-bond donors (Lipinski definition) is 1. The van der Waals surface area contributed by atoms with Crippen LogP contribution in [-0.4, -0.2) is 35.0 Å². The highest BCUT2D eigenvalue weighted by Gasteiger charge is 2.16. The first-order chi connectivity index (χ1) is 14.6. The van der Waals surface area contributed by atoms with Crippen LogP contribution in [0.4, 0.5) is 5.69 Å². The van der Waals surface area contributed by atoms with E-state index in [1.54, 1.807) is 60.5 Å². The summed E-state index contributed by atoms with van der Waals surface area (Å²) >= 11 is 1.10. The van der Waals surface area contributed by atoms with Crippen LogP contribution in [0, 0.1) is 6.92 Å². The quantitative estimate of drug-likeness (QED) is 0.483. The van der Waals surface area contributed by atoms with E-state index in [-0.39, 0.29) is 5.91 Å². The van der Waals surface area contributed by atoms with Gasteiger partial charge >= 0.3 is 0 Å². The van der Waals surface area contributed by atoms with Gasteiger partial charge < -0.3 is 10.1 Å². The molecule has 0 radical (unpaired) electrons. The van der Waals surface area contributed by atoms with E-state index in [4.69, 9.17) is 4.74 Å². The number of ether oxygens (including phenoxy) is 1. The summed E-state index contributed by atoms with van der Waals surface area (Å²) in [5.74, 6) is 2.05. The highest BCUT2D eigenvalue weighted by Crippen LogP contribution is 2.24. The fraction of sp³-hybridized carbons (Fsp3) is 0.200. The fourth-order valence-electron chi connectivity index (χ4n) is 2.80. The Morgan fingerprint density at radius 1 is 1.23 bits per heavy atom. The van der Waals surface area contributed by atoms with Gasteiger partial charge in [0.05, 0.1) is 5.69 Å². The van der Waals surface area contributed by atoms with Gasteiger partial charge in [0.1, 0.15) is 28.6 Å². The molecule has 0 aliphatic rings. The average molecular weight is 421 g/mol. The van der Waals surface area contributed by atoms with Crippen LogP contribution in [0.5, 0.6) is 11.6 Å². The molecule has 0 saturated heterocycles. The molecule has 4 rings (SSSR count). The van der Waals surface area contributed by atoms with E-state index in [0.29, 0.717) is 33.8 Å². The van der Waals surface area contributed by atoms with Gasteiger partial charge in [0.2, 0.25) is 5.88 Å².